The first-order chi connectivity index (χ1) is 11.7. The van der Waals surface area contributed by atoms with Crippen LogP contribution in [0.25, 0.3) is 16.6 Å². The summed E-state index contributed by atoms with van der Waals surface area (Å²) < 4.78 is 14.8. The van der Waals surface area contributed by atoms with Crippen LogP contribution >= 0.6 is 0 Å². The number of hydrogen-bond acceptors (Lipinski definition) is 3. The third kappa shape index (κ3) is 2.69. The van der Waals surface area contributed by atoms with Crippen molar-refractivity contribution in [1.29, 1.82) is 0 Å². The van der Waals surface area contributed by atoms with Gasteiger partial charge in [0.1, 0.15) is 11.5 Å². The minimum absolute atomic E-state index is 0.104. The number of anilines is 1. The Morgan fingerprint density at radius 3 is 2.92 bits per heavy atom. The van der Waals surface area contributed by atoms with E-state index in [1.54, 1.807) is 22.9 Å². The van der Waals surface area contributed by atoms with Crippen molar-refractivity contribution < 1.29 is 9.18 Å². The van der Waals surface area contributed by atoms with Crippen LogP contribution in [-0.4, -0.2) is 20.3 Å². The fraction of sp³-hybridized carbons (Fsp3) is 0.0556. The van der Waals surface area contributed by atoms with Gasteiger partial charge in [0.05, 0.1) is 23.3 Å². The number of aromatic nitrogens is 3. The van der Waals surface area contributed by atoms with E-state index in [-0.39, 0.29) is 18.1 Å². The minimum atomic E-state index is -0.349. The van der Waals surface area contributed by atoms with E-state index in [1.165, 1.54) is 12.3 Å². The van der Waals surface area contributed by atoms with E-state index in [4.69, 9.17) is 0 Å². The minimum Gasteiger partial charge on any atom is -0.324 e. The highest BCUT2D eigenvalue weighted by Crippen LogP contribution is 2.20. The summed E-state index contributed by atoms with van der Waals surface area (Å²) in [4.78, 5) is 20.9. The lowest BCUT2D eigenvalue weighted by atomic mass is 10.2. The van der Waals surface area contributed by atoms with Crippen molar-refractivity contribution >= 4 is 28.1 Å². The summed E-state index contributed by atoms with van der Waals surface area (Å²) in [6, 6.07) is 12.3. The molecule has 1 amide bonds. The molecule has 1 N–H and O–H groups in total. The molecule has 3 aromatic heterocycles. The first kappa shape index (κ1) is 14.3. The van der Waals surface area contributed by atoms with Crippen molar-refractivity contribution in [2.24, 2.45) is 0 Å². The predicted octanol–water partition coefficient (Wildman–Crippen LogP) is 3.20. The van der Waals surface area contributed by atoms with Crippen LogP contribution in [0, 0.1) is 5.82 Å². The SMILES string of the molecule is O=C(Cc1cn2cc(F)ccc2n1)Nc1cccc2cccnc12. The number of carbonyl (C=O) groups is 1. The molecule has 5 nitrogen and oxygen atoms in total. The Balaban J connectivity index is 1.57. The summed E-state index contributed by atoms with van der Waals surface area (Å²) >= 11 is 0. The summed E-state index contributed by atoms with van der Waals surface area (Å²) in [6.07, 6.45) is 4.78. The van der Waals surface area contributed by atoms with Gasteiger partial charge >= 0.3 is 0 Å². The molecule has 0 spiro atoms. The number of fused-ring (bicyclic) bond motifs is 2. The van der Waals surface area contributed by atoms with E-state index in [2.05, 4.69) is 15.3 Å². The topological polar surface area (TPSA) is 59.3 Å². The first-order valence-electron chi connectivity index (χ1n) is 7.46. The van der Waals surface area contributed by atoms with Crippen LogP contribution in [0.15, 0.2) is 61.1 Å². The molecule has 0 fully saturated rings. The Morgan fingerprint density at radius 2 is 2.00 bits per heavy atom. The zero-order valence-electron chi connectivity index (χ0n) is 12.6. The number of nitrogens with one attached hydrogen (secondary N) is 1. The van der Waals surface area contributed by atoms with Gasteiger partial charge in [0, 0.05) is 24.0 Å². The van der Waals surface area contributed by atoms with E-state index in [0.717, 1.165) is 10.9 Å². The number of pyridine rings is 2. The molecule has 3 heterocycles. The van der Waals surface area contributed by atoms with E-state index in [0.29, 0.717) is 17.0 Å². The molecule has 4 aromatic rings. The fourth-order valence-corrected chi connectivity index (χ4v) is 2.67. The summed E-state index contributed by atoms with van der Waals surface area (Å²) in [6.45, 7) is 0. The average molecular weight is 320 g/mol. The summed E-state index contributed by atoms with van der Waals surface area (Å²) in [5.74, 6) is -0.547. The van der Waals surface area contributed by atoms with Crippen LogP contribution in [0.5, 0.6) is 0 Å². The van der Waals surface area contributed by atoms with Crippen molar-refractivity contribution in [2.75, 3.05) is 5.32 Å². The van der Waals surface area contributed by atoms with Crippen molar-refractivity contribution in [1.82, 2.24) is 14.4 Å². The Bertz CT molecular complexity index is 1050. The van der Waals surface area contributed by atoms with Gasteiger partial charge in [-0.15, -0.1) is 0 Å². The molecular weight excluding hydrogens is 307 g/mol. The number of para-hydroxylation sites is 1. The standard InChI is InChI=1S/C18H13FN4O/c19-13-6-7-16-21-14(11-23(16)10-13)9-17(24)22-15-5-1-3-12-4-2-8-20-18(12)15/h1-8,10-11H,9H2,(H,22,24). The normalized spacial score (nSPS) is 11.0. The third-order valence-electron chi connectivity index (χ3n) is 3.71. The van der Waals surface area contributed by atoms with Crippen LogP contribution in [0.2, 0.25) is 0 Å². The van der Waals surface area contributed by atoms with Crippen molar-refractivity contribution in [3.05, 3.63) is 72.6 Å². The van der Waals surface area contributed by atoms with Crippen LogP contribution in [-0.2, 0) is 11.2 Å². The molecule has 118 valence electrons. The second kappa shape index (κ2) is 5.73. The molecule has 0 aliphatic rings. The largest absolute Gasteiger partial charge is 0.324 e. The maximum Gasteiger partial charge on any atom is 0.230 e. The molecule has 0 saturated carbocycles. The lowest BCUT2D eigenvalue weighted by Gasteiger charge is -2.07. The van der Waals surface area contributed by atoms with Gasteiger partial charge in [-0.05, 0) is 24.3 Å². The Kier molecular flexibility index (Phi) is 3.42. The van der Waals surface area contributed by atoms with E-state index < -0.39 is 0 Å². The number of carbonyl (C=O) groups excluding carboxylic acids is 1. The smallest absolute Gasteiger partial charge is 0.230 e. The number of nitrogens with zero attached hydrogens (tertiary/aromatic N) is 3. The van der Waals surface area contributed by atoms with Crippen molar-refractivity contribution in [2.45, 2.75) is 6.42 Å². The maximum absolute atomic E-state index is 13.2. The molecule has 1 aromatic carbocycles. The van der Waals surface area contributed by atoms with Crippen molar-refractivity contribution in [3.8, 4) is 0 Å². The second-order valence-corrected chi connectivity index (χ2v) is 5.45. The number of rotatable bonds is 3. The van der Waals surface area contributed by atoms with Gasteiger partial charge < -0.3 is 9.72 Å². The lowest BCUT2D eigenvalue weighted by Crippen LogP contribution is -2.15. The number of hydrogen-bond donors (Lipinski definition) is 1. The summed E-state index contributed by atoms with van der Waals surface area (Å²) in [5.41, 5.74) is 2.58. The molecule has 4 rings (SSSR count). The lowest BCUT2D eigenvalue weighted by molar-refractivity contribution is -0.115. The molecule has 0 saturated heterocycles. The first-order valence-corrected chi connectivity index (χ1v) is 7.46. The Morgan fingerprint density at radius 1 is 1.12 bits per heavy atom. The molecule has 0 aliphatic heterocycles. The molecule has 0 radical (unpaired) electrons. The quantitative estimate of drug-likeness (QED) is 0.630. The highest BCUT2D eigenvalue weighted by molar-refractivity contribution is 6.00. The molecule has 0 bridgehead atoms. The Hall–Kier alpha value is -3.28. The average Bonchev–Trinajstić information content (AvgIpc) is 2.96. The van der Waals surface area contributed by atoms with Gasteiger partial charge in [-0.3, -0.25) is 9.78 Å². The van der Waals surface area contributed by atoms with Gasteiger partial charge in [-0.2, -0.15) is 0 Å². The maximum atomic E-state index is 13.2. The van der Waals surface area contributed by atoms with Crippen LogP contribution < -0.4 is 5.32 Å². The monoisotopic (exact) mass is 320 g/mol. The van der Waals surface area contributed by atoms with Gasteiger partial charge in [-0.25, -0.2) is 9.37 Å². The molecule has 0 aliphatic carbocycles. The highest BCUT2D eigenvalue weighted by atomic mass is 19.1. The number of amides is 1. The zero-order chi connectivity index (χ0) is 16.5. The van der Waals surface area contributed by atoms with Crippen LogP contribution in [0.4, 0.5) is 10.1 Å². The van der Waals surface area contributed by atoms with Gasteiger partial charge in [-0.1, -0.05) is 18.2 Å². The van der Waals surface area contributed by atoms with Crippen molar-refractivity contribution in [3.63, 3.8) is 0 Å². The molecule has 6 heteroatoms. The summed E-state index contributed by atoms with van der Waals surface area (Å²) in [7, 11) is 0. The second-order valence-electron chi connectivity index (χ2n) is 5.45. The van der Waals surface area contributed by atoms with E-state index >= 15 is 0 Å². The summed E-state index contributed by atoms with van der Waals surface area (Å²) in [5, 5.41) is 3.82. The number of halogens is 1. The Labute approximate surface area is 136 Å². The molecule has 24 heavy (non-hydrogen) atoms. The zero-order valence-corrected chi connectivity index (χ0v) is 12.6. The number of imidazole rings is 1. The molecule has 0 unspecified atom stereocenters. The fourth-order valence-electron chi connectivity index (χ4n) is 2.67. The third-order valence-corrected chi connectivity index (χ3v) is 3.71. The van der Waals surface area contributed by atoms with Gasteiger partial charge in [0.25, 0.3) is 0 Å². The highest BCUT2D eigenvalue weighted by Gasteiger charge is 2.10. The number of benzene rings is 1. The van der Waals surface area contributed by atoms with Gasteiger partial charge in [0.15, 0.2) is 0 Å². The molecule has 0 atom stereocenters. The predicted molar refractivity (Wildman–Crippen MR) is 89.2 cm³/mol. The van der Waals surface area contributed by atoms with Crippen LogP contribution in [0.3, 0.4) is 0 Å². The van der Waals surface area contributed by atoms with Crippen LogP contribution in [0.1, 0.15) is 5.69 Å². The van der Waals surface area contributed by atoms with Gasteiger partial charge in [0.2, 0.25) is 5.91 Å². The van der Waals surface area contributed by atoms with E-state index in [9.17, 15) is 9.18 Å². The van der Waals surface area contributed by atoms with E-state index in [1.807, 2.05) is 30.3 Å². The molecular formula is C18H13FN4O.